The van der Waals surface area contributed by atoms with E-state index in [-0.39, 0.29) is 5.92 Å². The van der Waals surface area contributed by atoms with E-state index in [0.717, 1.165) is 17.5 Å². The summed E-state index contributed by atoms with van der Waals surface area (Å²) >= 11 is 5.83. The Labute approximate surface area is 123 Å². The fourth-order valence-corrected chi connectivity index (χ4v) is 2.23. The summed E-state index contributed by atoms with van der Waals surface area (Å²) in [6.07, 6.45) is 5.33. The van der Waals surface area contributed by atoms with Gasteiger partial charge >= 0.3 is 5.97 Å². The first-order valence-corrected chi connectivity index (χ1v) is 6.89. The van der Waals surface area contributed by atoms with E-state index in [9.17, 15) is 9.90 Å². The van der Waals surface area contributed by atoms with Crippen LogP contribution in [0.2, 0.25) is 5.02 Å². The van der Waals surface area contributed by atoms with Gasteiger partial charge in [0.1, 0.15) is 0 Å². The van der Waals surface area contributed by atoms with Crippen molar-refractivity contribution < 1.29 is 9.90 Å². The zero-order valence-electron chi connectivity index (χ0n) is 11.0. The maximum atomic E-state index is 11.4. The second-order valence-corrected chi connectivity index (χ2v) is 5.20. The van der Waals surface area contributed by atoms with E-state index in [1.165, 1.54) is 0 Å². The van der Waals surface area contributed by atoms with Crippen molar-refractivity contribution in [2.75, 3.05) is 0 Å². The predicted molar refractivity (Wildman–Crippen MR) is 78.8 cm³/mol. The highest BCUT2D eigenvalue weighted by Gasteiger charge is 2.17. The van der Waals surface area contributed by atoms with Gasteiger partial charge in [-0.2, -0.15) is 0 Å². The Morgan fingerprint density at radius 1 is 1.10 bits per heavy atom. The van der Waals surface area contributed by atoms with Gasteiger partial charge in [-0.15, -0.1) is 0 Å². The van der Waals surface area contributed by atoms with Crippen LogP contribution in [0.25, 0.3) is 0 Å². The number of hydrogen-bond acceptors (Lipinski definition) is 2. The van der Waals surface area contributed by atoms with Gasteiger partial charge in [0, 0.05) is 17.4 Å². The monoisotopic (exact) mass is 289 g/mol. The van der Waals surface area contributed by atoms with Crippen molar-refractivity contribution in [3.8, 4) is 0 Å². The van der Waals surface area contributed by atoms with Crippen LogP contribution in [0, 0.1) is 5.92 Å². The molecule has 0 amide bonds. The summed E-state index contributed by atoms with van der Waals surface area (Å²) in [7, 11) is 0. The Morgan fingerprint density at radius 3 is 2.35 bits per heavy atom. The van der Waals surface area contributed by atoms with Gasteiger partial charge < -0.3 is 5.11 Å². The molecule has 0 radical (unpaired) electrons. The summed E-state index contributed by atoms with van der Waals surface area (Å²) in [5.74, 6) is -1.14. The molecular weight excluding hydrogens is 274 g/mol. The van der Waals surface area contributed by atoms with Crippen LogP contribution in [-0.4, -0.2) is 16.1 Å². The molecule has 1 aromatic heterocycles. The van der Waals surface area contributed by atoms with Gasteiger partial charge in [0.15, 0.2) is 0 Å². The fraction of sp³-hybridized carbons (Fsp3) is 0.250. The number of carboxylic acid groups (broad SMARTS) is 1. The highest BCUT2D eigenvalue weighted by atomic mass is 35.5. The number of halogens is 1. The molecule has 0 aliphatic heterocycles. The Bertz CT molecular complexity index is 554. The molecule has 0 saturated carbocycles. The van der Waals surface area contributed by atoms with Gasteiger partial charge in [0.25, 0.3) is 0 Å². The first-order valence-electron chi connectivity index (χ1n) is 6.51. The van der Waals surface area contributed by atoms with Gasteiger partial charge in [-0.3, -0.25) is 9.78 Å². The molecule has 1 unspecified atom stereocenters. The van der Waals surface area contributed by atoms with E-state index in [1.807, 2.05) is 24.3 Å². The molecule has 104 valence electrons. The highest BCUT2D eigenvalue weighted by molar-refractivity contribution is 6.30. The molecule has 1 atom stereocenters. The molecule has 0 spiro atoms. The average molecular weight is 290 g/mol. The minimum absolute atomic E-state index is 0.385. The lowest BCUT2D eigenvalue weighted by Gasteiger charge is -2.12. The lowest BCUT2D eigenvalue weighted by Crippen LogP contribution is -2.17. The van der Waals surface area contributed by atoms with Crippen molar-refractivity contribution in [3.05, 3.63) is 64.9 Å². The molecule has 1 heterocycles. The molecule has 0 saturated heterocycles. The molecule has 2 rings (SSSR count). The molecule has 0 aliphatic rings. The van der Waals surface area contributed by atoms with Crippen molar-refractivity contribution >= 4 is 17.6 Å². The molecule has 2 aromatic rings. The van der Waals surface area contributed by atoms with E-state index in [2.05, 4.69) is 4.98 Å². The number of carbonyl (C=O) groups is 1. The van der Waals surface area contributed by atoms with E-state index >= 15 is 0 Å². The molecule has 0 bridgehead atoms. The molecule has 0 aliphatic carbocycles. The number of aliphatic carboxylic acids is 1. The quantitative estimate of drug-likeness (QED) is 0.884. The van der Waals surface area contributed by atoms with Crippen LogP contribution in [0.4, 0.5) is 0 Å². The summed E-state index contributed by atoms with van der Waals surface area (Å²) < 4.78 is 0. The second kappa shape index (κ2) is 7.06. The van der Waals surface area contributed by atoms with Gasteiger partial charge in [-0.05, 0) is 54.7 Å². The summed E-state index contributed by atoms with van der Waals surface area (Å²) in [4.78, 5) is 15.3. The maximum absolute atomic E-state index is 11.4. The summed E-state index contributed by atoms with van der Waals surface area (Å²) in [5, 5.41) is 9.99. The standard InChI is InChI=1S/C16H16ClNO2/c17-15-5-2-13(3-6-15)11-14(16(19)20)4-1-12-7-9-18-10-8-12/h2-3,5-10,14H,1,4,11H2,(H,19,20). The molecule has 1 aromatic carbocycles. The second-order valence-electron chi connectivity index (χ2n) is 4.76. The Morgan fingerprint density at radius 2 is 1.75 bits per heavy atom. The van der Waals surface area contributed by atoms with E-state index in [1.54, 1.807) is 24.5 Å². The number of hydrogen-bond donors (Lipinski definition) is 1. The third-order valence-corrected chi connectivity index (χ3v) is 3.53. The summed E-state index contributed by atoms with van der Waals surface area (Å²) in [6.45, 7) is 0. The maximum Gasteiger partial charge on any atom is 0.306 e. The third-order valence-electron chi connectivity index (χ3n) is 3.28. The van der Waals surface area contributed by atoms with Crippen molar-refractivity contribution in [1.82, 2.24) is 4.98 Å². The SMILES string of the molecule is O=C(O)C(CCc1ccncc1)Cc1ccc(Cl)cc1. The Balaban J connectivity index is 1.97. The molecule has 1 N–H and O–H groups in total. The van der Waals surface area contributed by atoms with Crippen LogP contribution < -0.4 is 0 Å². The predicted octanol–water partition coefficient (Wildman–Crippen LogP) is 3.61. The minimum atomic E-state index is -0.756. The van der Waals surface area contributed by atoms with Crippen molar-refractivity contribution in [2.45, 2.75) is 19.3 Å². The van der Waals surface area contributed by atoms with Crippen molar-refractivity contribution in [2.24, 2.45) is 5.92 Å². The van der Waals surface area contributed by atoms with E-state index in [4.69, 9.17) is 11.6 Å². The molecular formula is C16H16ClNO2. The molecule has 4 heteroatoms. The van der Waals surface area contributed by atoms with E-state index < -0.39 is 5.97 Å². The number of benzene rings is 1. The lowest BCUT2D eigenvalue weighted by molar-refractivity contribution is -0.141. The number of aromatic nitrogens is 1. The lowest BCUT2D eigenvalue weighted by atomic mass is 9.93. The summed E-state index contributed by atoms with van der Waals surface area (Å²) in [6, 6.07) is 11.2. The van der Waals surface area contributed by atoms with Crippen LogP contribution in [0.15, 0.2) is 48.8 Å². The van der Waals surface area contributed by atoms with Crippen LogP contribution in [0.5, 0.6) is 0 Å². The van der Waals surface area contributed by atoms with Gasteiger partial charge in [0.2, 0.25) is 0 Å². The van der Waals surface area contributed by atoms with Crippen molar-refractivity contribution in [1.29, 1.82) is 0 Å². The molecule has 20 heavy (non-hydrogen) atoms. The zero-order valence-corrected chi connectivity index (χ0v) is 11.8. The Hall–Kier alpha value is -1.87. The van der Waals surface area contributed by atoms with Crippen LogP contribution in [0.3, 0.4) is 0 Å². The number of carboxylic acids is 1. The Kier molecular flexibility index (Phi) is 5.13. The molecule has 3 nitrogen and oxygen atoms in total. The van der Waals surface area contributed by atoms with Gasteiger partial charge in [-0.25, -0.2) is 0 Å². The number of pyridine rings is 1. The zero-order chi connectivity index (χ0) is 14.4. The average Bonchev–Trinajstić information content (AvgIpc) is 2.46. The van der Waals surface area contributed by atoms with Crippen LogP contribution >= 0.6 is 11.6 Å². The number of aryl methyl sites for hydroxylation is 1. The van der Waals surface area contributed by atoms with Crippen LogP contribution in [0.1, 0.15) is 17.5 Å². The normalized spacial score (nSPS) is 12.1. The topological polar surface area (TPSA) is 50.2 Å². The smallest absolute Gasteiger partial charge is 0.306 e. The third kappa shape index (κ3) is 4.35. The number of nitrogens with zero attached hydrogens (tertiary/aromatic N) is 1. The number of rotatable bonds is 6. The van der Waals surface area contributed by atoms with Gasteiger partial charge in [0.05, 0.1) is 5.92 Å². The first-order chi connectivity index (χ1) is 9.65. The highest BCUT2D eigenvalue weighted by Crippen LogP contribution is 2.17. The van der Waals surface area contributed by atoms with Crippen LogP contribution in [-0.2, 0) is 17.6 Å². The fourth-order valence-electron chi connectivity index (χ4n) is 2.11. The largest absolute Gasteiger partial charge is 0.481 e. The van der Waals surface area contributed by atoms with Gasteiger partial charge in [-0.1, -0.05) is 23.7 Å². The summed E-state index contributed by atoms with van der Waals surface area (Å²) in [5.41, 5.74) is 2.11. The van der Waals surface area contributed by atoms with E-state index in [0.29, 0.717) is 17.9 Å². The molecule has 0 fully saturated rings. The van der Waals surface area contributed by atoms with Crippen molar-refractivity contribution in [3.63, 3.8) is 0 Å². The minimum Gasteiger partial charge on any atom is -0.481 e. The first kappa shape index (κ1) is 14.5.